The van der Waals surface area contributed by atoms with Crippen LogP contribution in [0.2, 0.25) is 0 Å². The van der Waals surface area contributed by atoms with Crippen molar-refractivity contribution in [2.24, 2.45) is 0 Å². The summed E-state index contributed by atoms with van der Waals surface area (Å²) in [5, 5.41) is 3.63. The number of nitrogens with one attached hydrogen (secondary N) is 1. The van der Waals surface area contributed by atoms with Crippen LogP contribution in [-0.4, -0.2) is 5.91 Å². The molecule has 1 amide bonds. The van der Waals surface area contributed by atoms with E-state index in [-0.39, 0.29) is 5.91 Å². The van der Waals surface area contributed by atoms with Gasteiger partial charge in [-0.3, -0.25) is 4.79 Å². The molecule has 3 N–H and O–H groups in total. The molecule has 0 spiro atoms. The molecule has 0 radical (unpaired) electrons. The van der Waals surface area contributed by atoms with E-state index < -0.39 is 0 Å². The van der Waals surface area contributed by atoms with E-state index in [4.69, 9.17) is 5.73 Å². The molecule has 1 heterocycles. The summed E-state index contributed by atoms with van der Waals surface area (Å²) in [6.07, 6.45) is 5.61. The number of hydrogen-bond donors (Lipinski definition) is 2. The van der Waals surface area contributed by atoms with Gasteiger partial charge >= 0.3 is 0 Å². The quantitative estimate of drug-likeness (QED) is 0.818. The highest BCUT2D eigenvalue weighted by atomic mass is 32.1. The van der Waals surface area contributed by atoms with E-state index in [0.29, 0.717) is 10.6 Å². The number of carbonyl (C=O) groups excluding carboxylic acids is 1. The lowest BCUT2D eigenvalue weighted by Crippen LogP contribution is -2.14. The Morgan fingerprint density at radius 1 is 1.14 bits per heavy atom. The molecule has 21 heavy (non-hydrogen) atoms. The predicted octanol–water partition coefficient (Wildman–Crippen LogP) is 4.16. The minimum Gasteiger partial charge on any atom is -0.390 e. The number of fused-ring (bicyclic) bond motifs is 1. The third kappa shape index (κ3) is 2.95. The van der Waals surface area contributed by atoms with Gasteiger partial charge in [-0.1, -0.05) is 24.1 Å². The first-order valence-corrected chi connectivity index (χ1v) is 8.25. The molecule has 110 valence electrons. The van der Waals surface area contributed by atoms with Crippen LogP contribution < -0.4 is 11.1 Å². The third-order valence-electron chi connectivity index (χ3n) is 3.99. The number of benzene rings is 1. The monoisotopic (exact) mass is 300 g/mol. The molecule has 2 aromatic rings. The van der Waals surface area contributed by atoms with Gasteiger partial charge in [-0.15, -0.1) is 11.3 Å². The Balaban J connectivity index is 1.87. The molecule has 1 aliphatic carbocycles. The molecule has 3 rings (SSSR count). The van der Waals surface area contributed by atoms with Crippen LogP contribution in [0, 0.1) is 6.92 Å². The zero-order chi connectivity index (χ0) is 14.8. The summed E-state index contributed by atoms with van der Waals surface area (Å²) in [5.74, 6) is -0.0734. The van der Waals surface area contributed by atoms with Gasteiger partial charge in [-0.25, -0.2) is 0 Å². The van der Waals surface area contributed by atoms with Gasteiger partial charge in [-0.2, -0.15) is 0 Å². The number of aryl methyl sites for hydroxylation is 2. The van der Waals surface area contributed by atoms with Gasteiger partial charge in [0.1, 0.15) is 0 Å². The summed E-state index contributed by atoms with van der Waals surface area (Å²) < 4.78 is 0. The fourth-order valence-electron chi connectivity index (χ4n) is 2.84. The molecule has 0 fully saturated rings. The van der Waals surface area contributed by atoms with Crippen LogP contribution in [0.1, 0.15) is 45.6 Å². The van der Waals surface area contributed by atoms with Gasteiger partial charge < -0.3 is 11.1 Å². The molecule has 3 nitrogen and oxygen atoms in total. The van der Waals surface area contributed by atoms with Crippen molar-refractivity contribution in [3.8, 4) is 0 Å². The number of carbonyl (C=O) groups is 1. The van der Waals surface area contributed by atoms with Crippen LogP contribution in [-0.2, 0) is 12.8 Å². The van der Waals surface area contributed by atoms with E-state index in [1.807, 2.05) is 31.2 Å². The Morgan fingerprint density at radius 3 is 2.62 bits per heavy atom. The highest BCUT2D eigenvalue weighted by molar-refractivity contribution is 7.16. The average Bonchev–Trinajstić information content (AvgIpc) is 2.62. The fourth-order valence-corrected chi connectivity index (χ4v) is 4.00. The standard InChI is InChI=1S/C17H20N2OS/c1-11-7-9-12(10-8-11)19-17(20)15-13-5-3-2-4-6-14(13)21-16(15)18/h7-10H,2-6,18H2,1H3,(H,19,20). The van der Waals surface area contributed by atoms with Crippen LogP contribution in [0.5, 0.6) is 0 Å². The van der Waals surface area contributed by atoms with Crippen LogP contribution in [0.3, 0.4) is 0 Å². The van der Waals surface area contributed by atoms with Crippen LogP contribution in [0.25, 0.3) is 0 Å². The van der Waals surface area contributed by atoms with Gasteiger partial charge in [0, 0.05) is 10.6 Å². The van der Waals surface area contributed by atoms with Gasteiger partial charge in [0.15, 0.2) is 0 Å². The largest absolute Gasteiger partial charge is 0.390 e. The van der Waals surface area contributed by atoms with Crippen LogP contribution in [0.15, 0.2) is 24.3 Å². The first kappa shape index (κ1) is 14.1. The number of rotatable bonds is 2. The van der Waals surface area contributed by atoms with Crippen molar-refractivity contribution in [1.29, 1.82) is 0 Å². The number of hydrogen-bond acceptors (Lipinski definition) is 3. The van der Waals surface area contributed by atoms with E-state index in [0.717, 1.165) is 24.9 Å². The van der Waals surface area contributed by atoms with E-state index >= 15 is 0 Å². The van der Waals surface area contributed by atoms with Crippen molar-refractivity contribution in [2.75, 3.05) is 11.1 Å². The lowest BCUT2D eigenvalue weighted by Gasteiger charge is -2.08. The van der Waals surface area contributed by atoms with E-state index in [9.17, 15) is 4.79 Å². The molecule has 4 heteroatoms. The van der Waals surface area contributed by atoms with Gasteiger partial charge in [-0.05, 0) is 50.3 Å². The van der Waals surface area contributed by atoms with E-state index in [2.05, 4.69) is 5.32 Å². The summed E-state index contributed by atoms with van der Waals surface area (Å²) in [5.41, 5.74) is 9.99. The minimum absolute atomic E-state index is 0.0734. The van der Waals surface area contributed by atoms with Crippen molar-refractivity contribution >= 4 is 27.9 Å². The van der Waals surface area contributed by atoms with Crippen molar-refractivity contribution in [1.82, 2.24) is 0 Å². The van der Waals surface area contributed by atoms with Crippen molar-refractivity contribution in [2.45, 2.75) is 39.0 Å². The highest BCUT2D eigenvalue weighted by Crippen LogP contribution is 2.35. The molecule has 1 aliphatic rings. The summed E-state index contributed by atoms with van der Waals surface area (Å²) in [7, 11) is 0. The maximum Gasteiger partial charge on any atom is 0.258 e. The van der Waals surface area contributed by atoms with Gasteiger partial charge in [0.2, 0.25) is 0 Å². The van der Waals surface area contributed by atoms with Crippen molar-refractivity contribution in [3.05, 3.63) is 45.8 Å². The summed E-state index contributed by atoms with van der Waals surface area (Å²) in [6.45, 7) is 2.03. The van der Waals surface area contributed by atoms with Gasteiger partial charge in [0.05, 0.1) is 10.6 Å². The zero-order valence-corrected chi connectivity index (χ0v) is 13.1. The Hall–Kier alpha value is -1.81. The van der Waals surface area contributed by atoms with E-state index in [1.165, 1.54) is 28.8 Å². The van der Waals surface area contributed by atoms with E-state index in [1.54, 1.807) is 11.3 Å². The fraction of sp³-hybridized carbons (Fsp3) is 0.353. The van der Waals surface area contributed by atoms with Gasteiger partial charge in [0.25, 0.3) is 5.91 Å². The average molecular weight is 300 g/mol. The Bertz CT molecular complexity index is 658. The van der Waals surface area contributed by atoms with Crippen LogP contribution >= 0.6 is 11.3 Å². The lowest BCUT2D eigenvalue weighted by atomic mass is 10.0. The van der Waals surface area contributed by atoms with Crippen molar-refractivity contribution in [3.63, 3.8) is 0 Å². The maximum atomic E-state index is 12.6. The molecule has 0 atom stereocenters. The first-order valence-electron chi connectivity index (χ1n) is 7.43. The first-order chi connectivity index (χ1) is 10.1. The second-order valence-corrected chi connectivity index (χ2v) is 6.76. The highest BCUT2D eigenvalue weighted by Gasteiger charge is 2.23. The minimum atomic E-state index is -0.0734. The molecule has 1 aromatic carbocycles. The summed E-state index contributed by atoms with van der Waals surface area (Å²) in [4.78, 5) is 13.9. The molecule has 0 unspecified atom stereocenters. The molecular weight excluding hydrogens is 280 g/mol. The number of anilines is 2. The van der Waals surface area contributed by atoms with Crippen LogP contribution in [0.4, 0.5) is 10.7 Å². The Labute approximate surface area is 129 Å². The smallest absolute Gasteiger partial charge is 0.258 e. The SMILES string of the molecule is Cc1ccc(NC(=O)c2c(N)sc3c2CCCCC3)cc1. The second-order valence-electron chi connectivity index (χ2n) is 5.62. The lowest BCUT2D eigenvalue weighted by molar-refractivity contribution is 0.102. The molecule has 0 bridgehead atoms. The zero-order valence-electron chi connectivity index (χ0n) is 12.2. The normalized spacial score (nSPS) is 14.3. The summed E-state index contributed by atoms with van der Waals surface area (Å²) >= 11 is 1.59. The molecule has 0 aliphatic heterocycles. The number of thiophene rings is 1. The second kappa shape index (κ2) is 5.90. The number of amides is 1. The Kier molecular flexibility index (Phi) is 3.97. The molecule has 0 saturated heterocycles. The molecule has 1 aromatic heterocycles. The van der Waals surface area contributed by atoms with Crippen molar-refractivity contribution < 1.29 is 4.79 Å². The molecule has 0 saturated carbocycles. The third-order valence-corrected chi connectivity index (χ3v) is 5.11. The predicted molar refractivity (Wildman–Crippen MR) is 89.1 cm³/mol. The number of nitrogens with two attached hydrogens (primary N) is 1. The maximum absolute atomic E-state index is 12.6. The Morgan fingerprint density at radius 2 is 1.86 bits per heavy atom. The topological polar surface area (TPSA) is 55.1 Å². The molecular formula is C17H20N2OS. The summed E-state index contributed by atoms with van der Waals surface area (Å²) in [6, 6.07) is 7.84. The number of nitrogen functional groups attached to an aromatic ring is 1.